The van der Waals surface area contributed by atoms with Crippen molar-refractivity contribution in [3.05, 3.63) is 5.15 Å². The van der Waals surface area contributed by atoms with E-state index in [4.69, 9.17) is 11.6 Å². The molecule has 0 bridgehead atoms. The van der Waals surface area contributed by atoms with Gasteiger partial charge < -0.3 is 5.32 Å². The summed E-state index contributed by atoms with van der Waals surface area (Å²) in [4.78, 5) is 0. The van der Waals surface area contributed by atoms with Gasteiger partial charge in [-0.2, -0.15) is 8.75 Å². The molecular weight excluding hydrogens is 206 g/mol. The average molecular weight is 218 g/mol. The highest BCUT2D eigenvalue weighted by Crippen LogP contribution is 2.51. The van der Waals surface area contributed by atoms with E-state index in [2.05, 4.69) is 27.9 Å². The lowest BCUT2D eigenvalue weighted by molar-refractivity contribution is 0.573. The summed E-state index contributed by atoms with van der Waals surface area (Å²) in [5.74, 6) is 1.49. The summed E-state index contributed by atoms with van der Waals surface area (Å²) in [5.41, 5.74) is 0.503. The van der Waals surface area contributed by atoms with Gasteiger partial charge in [0.05, 0.1) is 11.7 Å². The molecule has 1 saturated carbocycles. The Morgan fingerprint density at radius 3 is 2.77 bits per heavy atom. The van der Waals surface area contributed by atoms with Gasteiger partial charge in [0.1, 0.15) is 0 Å². The molecule has 1 aliphatic rings. The first-order chi connectivity index (χ1) is 6.09. The molecule has 0 radical (unpaired) electrons. The Labute approximate surface area is 86.8 Å². The molecular formula is C8H12ClN3S. The van der Waals surface area contributed by atoms with Crippen LogP contribution in [0.15, 0.2) is 0 Å². The van der Waals surface area contributed by atoms with Crippen LogP contribution in [0.1, 0.15) is 20.3 Å². The summed E-state index contributed by atoms with van der Waals surface area (Å²) in [7, 11) is 0. The minimum absolute atomic E-state index is 0.489. The molecule has 1 heterocycles. The highest BCUT2D eigenvalue weighted by Gasteiger charge is 2.45. The van der Waals surface area contributed by atoms with Gasteiger partial charge in [0.2, 0.25) is 0 Å². The van der Waals surface area contributed by atoms with E-state index in [0.717, 1.165) is 30.0 Å². The molecule has 0 spiro atoms. The Bertz CT molecular complexity index is 310. The Hall–Kier alpha value is -0.350. The van der Waals surface area contributed by atoms with Crippen LogP contribution in [-0.4, -0.2) is 15.3 Å². The lowest BCUT2D eigenvalue weighted by Crippen LogP contribution is -2.07. The second kappa shape index (κ2) is 3.10. The van der Waals surface area contributed by atoms with Gasteiger partial charge in [-0.25, -0.2) is 0 Å². The highest BCUT2D eigenvalue weighted by molar-refractivity contribution is 6.99. The van der Waals surface area contributed by atoms with E-state index in [1.165, 1.54) is 6.42 Å². The van der Waals surface area contributed by atoms with Crippen molar-refractivity contribution in [1.29, 1.82) is 0 Å². The van der Waals surface area contributed by atoms with E-state index in [9.17, 15) is 0 Å². The summed E-state index contributed by atoms with van der Waals surface area (Å²) in [5, 5.41) is 3.70. The Morgan fingerprint density at radius 1 is 1.62 bits per heavy atom. The number of aromatic nitrogens is 2. The smallest absolute Gasteiger partial charge is 0.186 e. The quantitative estimate of drug-likeness (QED) is 0.846. The maximum Gasteiger partial charge on any atom is 0.186 e. The van der Waals surface area contributed by atoms with Crippen LogP contribution in [0.4, 0.5) is 5.82 Å². The third-order valence-electron chi connectivity index (χ3n) is 2.68. The number of hydrogen-bond acceptors (Lipinski definition) is 4. The lowest BCUT2D eigenvalue weighted by atomic mass is 10.1. The van der Waals surface area contributed by atoms with Crippen molar-refractivity contribution in [3.63, 3.8) is 0 Å². The minimum Gasteiger partial charge on any atom is -0.366 e. The molecule has 0 amide bonds. The molecule has 1 aromatic rings. The predicted molar refractivity (Wildman–Crippen MR) is 55.3 cm³/mol. The number of halogens is 1. The summed E-state index contributed by atoms with van der Waals surface area (Å²) in [6.07, 6.45) is 1.29. The largest absolute Gasteiger partial charge is 0.366 e. The molecule has 2 rings (SSSR count). The minimum atomic E-state index is 0.489. The van der Waals surface area contributed by atoms with Gasteiger partial charge in [0.15, 0.2) is 11.0 Å². The molecule has 13 heavy (non-hydrogen) atoms. The number of anilines is 1. The van der Waals surface area contributed by atoms with Crippen LogP contribution >= 0.6 is 23.3 Å². The molecule has 1 atom stereocenters. The maximum atomic E-state index is 5.79. The molecule has 1 N–H and O–H groups in total. The average Bonchev–Trinajstić information content (AvgIpc) is 2.47. The first kappa shape index (κ1) is 9.21. The standard InChI is InChI=1S/C8H12ClN3S/c1-8(2)3-5(8)4-10-7-6(9)11-13-12-7/h5H,3-4H2,1-2H3,(H,10,12). The SMILES string of the molecule is CC1(C)CC1CNc1nsnc1Cl. The fourth-order valence-electron chi connectivity index (χ4n) is 1.43. The molecule has 5 heteroatoms. The summed E-state index contributed by atoms with van der Waals surface area (Å²) in [6, 6.07) is 0. The Kier molecular flexibility index (Phi) is 2.20. The Balaban J connectivity index is 1.85. The van der Waals surface area contributed by atoms with E-state index >= 15 is 0 Å². The van der Waals surface area contributed by atoms with Gasteiger partial charge >= 0.3 is 0 Å². The Morgan fingerprint density at radius 2 is 2.31 bits per heavy atom. The van der Waals surface area contributed by atoms with Crippen molar-refractivity contribution in [2.45, 2.75) is 20.3 Å². The van der Waals surface area contributed by atoms with Crippen LogP contribution < -0.4 is 5.32 Å². The molecule has 1 aromatic heterocycles. The van der Waals surface area contributed by atoms with Gasteiger partial charge in [-0.1, -0.05) is 25.4 Å². The number of rotatable bonds is 3. The van der Waals surface area contributed by atoms with Gasteiger partial charge in [-0.3, -0.25) is 0 Å². The van der Waals surface area contributed by atoms with Gasteiger partial charge in [0.25, 0.3) is 0 Å². The zero-order valence-corrected chi connectivity index (χ0v) is 9.24. The van der Waals surface area contributed by atoms with Gasteiger partial charge in [0, 0.05) is 6.54 Å². The number of hydrogen-bond donors (Lipinski definition) is 1. The molecule has 0 saturated heterocycles. The van der Waals surface area contributed by atoms with Crippen molar-refractivity contribution in [2.24, 2.45) is 11.3 Å². The van der Waals surface area contributed by atoms with Gasteiger partial charge in [-0.15, -0.1) is 0 Å². The highest BCUT2D eigenvalue weighted by atomic mass is 35.5. The summed E-state index contributed by atoms with van der Waals surface area (Å²) < 4.78 is 7.94. The predicted octanol–water partition coefficient (Wildman–Crippen LogP) is 2.65. The first-order valence-corrected chi connectivity index (χ1v) is 5.42. The van der Waals surface area contributed by atoms with Crippen LogP contribution in [0.25, 0.3) is 0 Å². The number of nitrogens with one attached hydrogen (secondary N) is 1. The zero-order valence-electron chi connectivity index (χ0n) is 7.67. The van der Waals surface area contributed by atoms with E-state index in [0.29, 0.717) is 10.6 Å². The van der Waals surface area contributed by atoms with Gasteiger partial charge in [-0.05, 0) is 17.8 Å². The van der Waals surface area contributed by atoms with Crippen LogP contribution in [0.5, 0.6) is 0 Å². The lowest BCUT2D eigenvalue weighted by Gasteiger charge is -2.04. The van der Waals surface area contributed by atoms with E-state index in [-0.39, 0.29) is 0 Å². The third-order valence-corrected chi connectivity index (χ3v) is 3.57. The molecule has 0 aliphatic heterocycles. The van der Waals surface area contributed by atoms with Crippen molar-refractivity contribution in [3.8, 4) is 0 Å². The topological polar surface area (TPSA) is 37.8 Å². The molecule has 0 aromatic carbocycles. The van der Waals surface area contributed by atoms with Crippen LogP contribution in [0.2, 0.25) is 5.15 Å². The fraction of sp³-hybridized carbons (Fsp3) is 0.750. The zero-order chi connectivity index (χ0) is 9.47. The summed E-state index contributed by atoms with van der Waals surface area (Å²) >= 11 is 6.93. The molecule has 72 valence electrons. The van der Waals surface area contributed by atoms with Crippen LogP contribution in [0, 0.1) is 11.3 Å². The normalized spacial score (nSPS) is 24.4. The van der Waals surface area contributed by atoms with E-state index < -0.39 is 0 Å². The third kappa shape index (κ3) is 1.94. The van der Waals surface area contributed by atoms with E-state index in [1.807, 2.05) is 0 Å². The van der Waals surface area contributed by atoms with Crippen LogP contribution in [-0.2, 0) is 0 Å². The van der Waals surface area contributed by atoms with Crippen molar-refractivity contribution >= 4 is 29.1 Å². The molecule has 1 unspecified atom stereocenters. The van der Waals surface area contributed by atoms with Crippen molar-refractivity contribution in [2.75, 3.05) is 11.9 Å². The molecule has 1 aliphatic carbocycles. The second-order valence-corrected chi connectivity index (χ2v) is 5.06. The molecule has 1 fully saturated rings. The number of nitrogens with zero attached hydrogens (tertiary/aromatic N) is 2. The second-order valence-electron chi connectivity index (χ2n) is 4.17. The van der Waals surface area contributed by atoms with Crippen molar-refractivity contribution < 1.29 is 0 Å². The fourth-order valence-corrected chi connectivity index (χ4v) is 2.11. The van der Waals surface area contributed by atoms with Crippen LogP contribution in [0.3, 0.4) is 0 Å². The maximum absolute atomic E-state index is 5.79. The van der Waals surface area contributed by atoms with Crippen molar-refractivity contribution in [1.82, 2.24) is 8.75 Å². The van der Waals surface area contributed by atoms with E-state index in [1.54, 1.807) is 0 Å². The monoisotopic (exact) mass is 217 g/mol. The first-order valence-electron chi connectivity index (χ1n) is 4.31. The molecule has 3 nitrogen and oxygen atoms in total. The summed E-state index contributed by atoms with van der Waals surface area (Å²) in [6.45, 7) is 5.51.